The molecule has 0 amide bonds. The summed E-state index contributed by atoms with van der Waals surface area (Å²) in [5.41, 5.74) is 2.30. The van der Waals surface area contributed by atoms with Crippen molar-refractivity contribution >= 4 is 0 Å². The van der Waals surface area contributed by atoms with E-state index < -0.39 is 12.1 Å². The van der Waals surface area contributed by atoms with Crippen molar-refractivity contribution < 1.29 is 22.3 Å². The third-order valence-electron chi connectivity index (χ3n) is 4.07. The molecular formula is C19H18F3N3O2. The van der Waals surface area contributed by atoms with Crippen molar-refractivity contribution in [3.05, 3.63) is 65.5 Å². The molecule has 5 nitrogen and oxygen atoms in total. The first-order chi connectivity index (χ1) is 12.9. The molecule has 1 atom stereocenters. The van der Waals surface area contributed by atoms with Gasteiger partial charge in [0.15, 0.2) is 0 Å². The number of aromatic nitrogens is 2. The molecule has 0 radical (unpaired) electrons. The van der Waals surface area contributed by atoms with Crippen LogP contribution in [0.1, 0.15) is 30.0 Å². The van der Waals surface area contributed by atoms with Crippen molar-refractivity contribution in [2.75, 3.05) is 7.11 Å². The fraction of sp³-hybridized carbons (Fsp3) is 0.263. The van der Waals surface area contributed by atoms with Crippen LogP contribution in [0.25, 0.3) is 11.5 Å². The maximum absolute atomic E-state index is 12.7. The van der Waals surface area contributed by atoms with Gasteiger partial charge < -0.3 is 14.5 Å². The van der Waals surface area contributed by atoms with E-state index in [9.17, 15) is 13.2 Å². The van der Waals surface area contributed by atoms with Crippen LogP contribution in [0.2, 0.25) is 0 Å². The van der Waals surface area contributed by atoms with Gasteiger partial charge in [-0.3, -0.25) is 0 Å². The van der Waals surface area contributed by atoms with Gasteiger partial charge in [-0.1, -0.05) is 36.4 Å². The first-order valence-electron chi connectivity index (χ1n) is 8.25. The van der Waals surface area contributed by atoms with Crippen molar-refractivity contribution in [3.8, 4) is 17.2 Å². The monoisotopic (exact) mass is 377 g/mol. The largest absolute Gasteiger partial charge is 0.496 e. The Bertz CT molecular complexity index is 895. The number of ether oxygens (including phenoxy) is 1. The number of rotatable bonds is 6. The maximum atomic E-state index is 12.7. The molecule has 0 bridgehead atoms. The Hall–Kier alpha value is -2.87. The first kappa shape index (κ1) is 18.9. The summed E-state index contributed by atoms with van der Waals surface area (Å²) in [6.45, 7) is 2.54. The fourth-order valence-electron chi connectivity index (χ4n) is 2.61. The molecule has 1 heterocycles. The molecule has 0 saturated heterocycles. The third kappa shape index (κ3) is 4.46. The lowest BCUT2D eigenvalue weighted by Gasteiger charge is -2.15. The van der Waals surface area contributed by atoms with Crippen LogP contribution in [0.4, 0.5) is 13.2 Å². The molecule has 8 heteroatoms. The topological polar surface area (TPSA) is 60.2 Å². The number of alkyl halides is 3. The van der Waals surface area contributed by atoms with Crippen LogP contribution >= 0.6 is 0 Å². The molecule has 2 aromatic carbocycles. The molecule has 1 N–H and O–H groups in total. The Morgan fingerprint density at radius 1 is 1.11 bits per heavy atom. The summed E-state index contributed by atoms with van der Waals surface area (Å²) in [7, 11) is 1.43. The third-order valence-corrected chi connectivity index (χ3v) is 4.07. The highest BCUT2D eigenvalue weighted by molar-refractivity contribution is 5.63. The Morgan fingerprint density at radius 2 is 1.85 bits per heavy atom. The highest BCUT2D eigenvalue weighted by Crippen LogP contribution is 2.34. The van der Waals surface area contributed by atoms with Gasteiger partial charge in [-0.25, -0.2) is 0 Å². The van der Waals surface area contributed by atoms with E-state index >= 15 is 0 Å². The quantitative estimate of drug-likeness (QED) is 0.680. The van der Waals surface area contributed by atoms with E-state index in [1.54, 1.807) is 12.1 Å². The van der Waals surface area contributed by atoms with Crippen LogP contribution in [-0.4, -0.2) is 17.3 Å². The lowest BCUT2D eigenvalue weighted by Crippen LogP contribution is -2.18. The Labute approximate surface area is 154 Å². The predicted octanol–water partition coefficient (Wildman–Crippen LogP) is 4.61. The number of methoxy groups -OCH3 is 1. The molecule has 1 aromatic heterocycles. The van der Waals surface area contributed by atoms with Gasteiger partial charge in [0.2, 0.25) is 0 Å². The zero-order valence-electron chi connectivity index (χ0n) is 14.7. The van der Waals surface area contributed by atoms with Crippen LogP contribution < -0.4 is 10.1 Å². The summed E-state index contributed by atoms with van der Waals surface area (Å²) in [5.74, 6) is -1.27. The van der Waals surface area contributed by atoms with E-state index in [2.05, 4.69) is 15.5 Å². The van der Waals surface area contributed by atoms with E-state index in [1.165, 1.54) is 7.11 Å². The molecule has 0 aliphatic rings. The second-order valence-electron chi connectivity index (χ2n) is 5.96. The van der Waals surface area contributed by atoms with E-state index in [4.69, 9.17) is 9.15 Å². The molecule has 1 unspecified atom stereocenters. The second-order valence-corrected chi connectivity index (χ2v) is 5.96. The molecule has 3 aromatic rings. The molecule has 0 spiro atoms. The van der Waals surface area contributed by atoms with Gasteiger partial charge >= 0.3 is 12.1 Å². The Kier molecular flexibility index (Phi) is 5.46. The van der Waals surface area contributed by atoms with Crippen LogP contribution in [0.3, 0.4) is 0 Å². The highest BCUT2D eigenvalue weighted by atomic mass is 19.4. The summed E-state index contributed by atoms with van der Waals surface area (Å²) < 4.78 is 48.1. The van der Waals surface area contributed by atoms with Gasteiger partial charge in [-0.2, -0.15) is 13.2 Å². The van der Waals surface area contributed by atoms with Crippen molar-refractivity contribution in [3.63, 3.8) is 0 Å². The standard InChI is InChI=1S/C19H18F3N3O2/c1-12(14-6-4-3-5-7-14)23-11-13-8-9-16(26-2)15(10-13)17-24-25-18(27-17)19(20,21)22/h3-10,12,23H,11H2,1-2H3. The van der Waals surface area contributed by atoms with Gasteiger partial charge in [-0.05, 0) is 30.2 Å². The number of nitrogens with zero attached hydrogens (tertiary/aromatic N) is 2. The van der Waals surface area contributed by atoms with Crippen LogP contribution in [0.5, 0.6) is 5.75 Å². The smallest absolute Gasteiger partial charge is 0.470 e. The average Bonchev–Trinajstić information content (AvgIpc) is 3.17. The number of benzene rings is 2. The zero-order valence-corrected chi connectivity index (χ0v) is 14.7. The molecule has 0 fully saturated rings. The molecule has 0 aliphatic heterocycles. The number of halogens is 3. The molecule has 142 valence electrons. The van der Waals surface area contributed by atoms with Crippen molar-refractivity contribution in [2.24, 2.45) is 0 Å². The molecule has 0 saturated carbocycles. The molecule has 27 heavy (non-hydrogen) atoms. The normalized spacial score (nSPS) is 12.8. The van der Waals surface area contributed by atoms with Crippen molar-refractivity contribution in [1.29, 1.82) is 0 Å². The second kappa shape index (κ2) is 7.79. The molecule has 3 rings (SSSR count). The van der Waals surface area contributed by atoms with Gasteiger partial charge in [0.05, 0.1) is 12.7 Å². The molecule has 0 aliphatic carbocycles. The molecular weight excluding hydrogens is 359 g/mol. The van der Waals surface area contributed by atoms with E-state index in [0.29, 0.717) is 17.9 Å². The van der Waals surface area contributed by atoms with Gasteiger partial charge in [0.25, 0.3) is 5.89 Å². The van der Waals surface area contributed by atoms with E-state index in [1.807, 2.05) is 43.3 Å². The predicted molar refractivity (Wildman–Crippen MR) is 93.0 cm³/mol. The minimum atomic E-state index is -4.69. The lowest BCUT2D eigenvalue weighted by atomic mass is 10.1. The Balaban J connectivity index is 1.80. The SMILES string of the molecule is COc1ccc(CNC(C)c2ccccc2)cc1-c1nnc(C(F)(F)F)o1. The average molecular weight is 377 g/mol. The fourth-order valence-corrected chi connectivity index (χ4v) is 2.61. The Morgan fingerprint density at radius 3 is 2.48 bits per heavy atom. The van der Waals surface area contributed by atoms with Crippen LogP contribution in [-0.2, 0) is 12.7 Å². The highest BCUT2D eigenvalue weighted by Gasteiger charge is 2.38. The summed E-state index contributed by atoms with van der Waals surface area (Å²) in [5, 5.41) is 9.95. The zero-order chi connectivity index (χ0) is 19.4. The van der Waals surface area contributed by atoms with Crippen LogP contribution in [0.15, 0.2) is 52.9 Å². The maximum Gasteiger partial charge on any atom is 0.470 e. The van der Waals surface area contributed by atoms with E-state index in [0.717, 1.165) is 11.1 Å². The summed E-state index contributed by atoms with van der Waals surface area (Å²) in [6, 6.07) is 15.2. The first-order valence-corrected chi connectivity index (χ1v) is 8.25. The summed E-state index contributed by atoms with van der Waals surface area (Å²) in [6.07, 6.45) is -4.69. The van der Waals surface area contributed by atoms with Crippen LogP contribution in [0, 0.1) is 0 Å². The van der Waals surface area contributed by atoms with Crippen molar-refractivity contribution in [2.45, 2.75) is 25.7 Å². The number of hydrogen-bond acceptors (Lipinski definition) is 5. The minimum absolute atomic E-state index is 0.108. The van der Waals surface area contributed by atoms with Crippen molar-refractivity contribution in [1.82, 2.24) is 15.5 Å². The lowest BCUT2D eigenvalue weighted by molar-refractivity contribution is -0.156. The van der Waals surface area contributed by atoms with E-state index in [-0.39, 0.29) is 11.9 Å². The van der Waals surface area contributed by atoms with Gasteiger partial charge in [0, 0.05) is 12.6 Å². The summed E-state index contributed by atoms with van der Waals surface area (Å²) in [4.78, 5) is 0. The van der Waals surface area contributed by atoms with Gasteiger partial charge in [-0.15, -0.1) is 10.2 Å². The number of hydrogen-bond donors (Lipinski definition) is 1. The summed E-state index contributed by atoms with van der Waals surface area (Å²) >= 11 is 0. The van der Waals surface area contributed by atoms with Gasteiger partial charge in [0.1, 0.15) is 5.75 Å². The minimum Gasteiger partial charge on any atom is -0.496 e. The number of nitrogens with one attached hydrogen (secondary N) is 1.